The van der Waals surface area contributed by atoms with E-state index in [0.717, 1.165) is 5.56 Å². The van der Waals surface area contributed by atoms with Crippen LogP contribution in [-0.4, -0.2) is 22.1 Å². The number of amides is 2. The van der Waals surface area contributed by atoms with Gasteiger partial charge in [0.2, 0.25) is 0 Å². The van der Waals surface area contributed by atoms with Gasteiger partial charge >= 0.3 is 12.0 Å². The maximum Gasteiger partial charge on any atom is 0.337 e. The lowest BCUT2D eigenvalue weighted by atomic mass is 10.2. The molecular formula is C14H12ClN3O3. The van der Waals surface area contributed by atoms with Crippen LogP contribution < -0.4 is 10.6 Å². The Morgan fingerprint density at radius 2 is 2.10 bits per heavy atom. The Labute approximate surface area is 125 Å². The Kier molecular flexibility index (Phi) is 4.73. The van der Waals surface area contributed by atoms with Gasteiger partial charge in [-0.05, 0) is 29.8 Å². The second-order valence-corrected chi connectivity index (χ2v) is 4.58. The summed E-state index contributed by atoms with van der Waals surface area (Å²) < 4.78 is 0. The Hall–Kier alpha value is -2.60. The lowest BCUT2D eigenvalue weighted by Gasteiger charge is -2.08. The third kappa shape index (κ3) is 4.19. The van der Waals surface area contributed by atoms with E-state index in [1.807, 2.05) is 6.07 Å². The summed E-state index contributed by atoms with van der Waals surface area (Å²) >= 11 is 5.82. The van der Waals surface area contributed by atoms with Crippen LogP contribution in [0.15, 0.2) is 42.7 Å². The van der Waals surface area contributed by atoms with Crippen molar-refractivity contribution in [1.29, 1.82) is 0 Å². The molecule has 1 aromatic carbocycles. The van der Waals surface area contributed by atoms with Crippen molar-refractivity contribution in [3.8, 4) is 0 Å². The van der Waals surface area contributed by atoms with Gasteiger partial charge in [0.25, 0.3) is 0 Å². The number of urea groups is 1. The second-order valence-electron chi connectivity index (χ2n) is 4.17. The molecule has 0 atom stereocenters. The molecule has 6 nitrogen and oxygen atoms in total. The molecule has 1 heterocycles. The Morgan fingerprint density at radius 1 is 1.29 bits per heavy atom. The number of rotatable bonds is 4. The molecule has 0 radical (unpaired) electrons. The maximum atomic E-state index is 11.7. The van der Waals surface area contributed by atoms with E-state index in [2.05, 4.69) is 15.6 Å². The topological polar surface area (TPSA) is 91.3 Å². The first-order valence-electron chi connectivity index (χ1n) is 6.03. The summed E-state index contributed by atoms with van der Waals surface area (Å²) in [6.45, 7) is 0.334. The summed E-state index contributed by atoms with van der Waals surface area (Å²) in [6, 6.07) is 7.39. The average Bonchev–Trinajstić information content (AvgIpc) is 2.46. The van der Waals surface area contributed by atoms with Crippen LogP contribution in [0, 0.1) is 0 Å². The number of aromatic nitrogens is 1. The first-order valence-corrected chi connectivity index (χ1v) is 6.40. The summed E-state index contributed by atoms with van der Waals surface area (Å²) in [4.78, 5) is 26.5. The molecule has 21 heavy (non-hydrogen) atoms. The van der Waals surface area contributed by atoms with Crippen molar-refractivity contribution in [2.75, 3.05) is 5.32 Å². The van der Waals surface area contributed by atoms with Crippen LogP contribution in [0.3, 0.4) is 0 Å². The second kappa shape index (κ2) is 6.71. The fourth-order valence-electron chi connectivity index (χ4n) is 1.63. The zero-order valence-electron chi connectivity index (χ0n) is 10.8. The number of aromatic carboxylic acids is 1. The fourth-order valence-corrected chi connectivity index (χ4v) is 1.89. The van der Waals surface area contributed by atoms with Gasteiger partial charge in [0, 0.05) is 24.6 Å². The standard InChI is InChI=1S/C14H12ClN3O3/c15-12-6-10(3-4-11(12)13(19)20)18-14(21)17-8-9-2-1-5-16-7-9/h1-7H,8H2,(H,19,20)(H2,17,18,21). The number of halogens is 1. The predicted octanol–water partition coefficient (Wildman–Crippen LogP) is 2.75. The lowest BCUT2D eigenvalue weighted by Crippen LogP contribution is -2.28. The largest absolute Gasteiger partial charge is 0.478 e. The number of nitrogens with zero attached hydrogens (tertiary/aromatic N) is 1. The van der Waals surface area contributed by atoms with Crippen molar-refractivity contribution in [1.82, 2.24) is 10.3 Å². The van der Waals surface area contributed by atoms with Crippen LogP contribution in [0.1, 0.15) is 15.9 Å². The van der Waals surface area contributed by atoms with Crippen LogP contribution in [0.2, 0.25) is 5.02 Å². The van der Waals surface area contributed by atoms with Gasteiger partial charge in [-0.25, -0.2) is 9.59 Å². The van der Waals surface area contributed by atoms with Crippen LogP contribution >= 0.6 is 11.6 Å². The van der Waals surface area contributed by atoms with Crippen LogP contribution in [0.4, 0.5) is 10.5 Å². The number of benzene rings is 1. The highest BCUT2D eigenvalue weighted by Gasteiger charge is 2.10. The molecule has 108 valence electrons. The highest BCUT2D eigenvalue weighted by molar-refractivity contribution is 6.33. The Bertz CT molecular complexity index is 662. The quantitative estimate of drug-likeness (QED) is 0.810. The summed E-state index contributed by atoms with van der Waals surface area (Å²) in [5.74, 6) is -1.12. The van der Waals surface area contributed by atoms with Gasteiger partial charge in [0.05, 0.1) is 10.6 Å². The summed E-state index contributed by atoms with van der Waals surface area (Å²) in [5.41, 5.74) is 1.26. The first kappa shape index (κ1) is 14.8. The normalized spacial score (nSPS) is 9.95. The zero-order chi connectivity index (χ0) is 15.2. The molecule has 0 aliphatic carbocycles. The Balaban J connectivity index is 1.94. The molecule has 0 fully saturated rings. The number of carbonyl (C=O) groups is 2. The third-order valence-electron chi connectivity index (χ3n) is 2.63. The number of anilines is 1. The van der Waals surface area contributed by atoms with Crippen molar-refractivity contribution in [3.05, 3.63) is 58.9 Å². The molecular weight excluding hydrogens is 294 g/mol. The molecule has 0 aliphatic heterocycles. The molecule has 0 saturated carbocycles. The van der Waals surface area contributed by atoms with Crippen LogP contribution in [-0.2, 0) is 6.54 Å². The van der Waals surface area contributed by atoms with E-state index in [1.165, 1.54) is 18.2 Å². The van der Waals surface area contributed by atoms with Crippen molar-refractivity contribution in [2.24, 2.45) is 0 Å². The molecule has 0 saturated heterocycles. The molecule has 0 unspecified atom stereocenters. The fraction of sp³-hybridized carbons (Fsp3) is 0.0714. The molecule has 2 amide bonds. The number of pyridine rings is 1. The van der Waals surface area contributed by atoms with Crippen molar-refractivity contribution in [3.63, 3.8) is 0 Å². The molecule has 0 spiro atoms. The minimum absolute atomic E-state index is 0.0158. The molecule has 3 N–H and O–H groups in total. The molecule has 0 bridgehead atoms. The summed E-state index contributed by atoms with van der Waals surface area (Å²) in [6.07, 6.45) is 3.30. The van der Waals surface area contributed by atoms with E-state index in [0.29, 0.717) is 12.2 Å². The van der Waals surface area contributed by atoms with Crippen molar-refractivity contribution >= 4 is 29.3 Å². The minimum atomic E-state index is -1.12. The van der Waals surface area contributed by atoms with E-state index in [-0.39, 0.29) is 10.6 Å². The van der Waals surface area contributed by atoms with E-state index in [4.69, 9.17) is 16.7 Å². The number of nitrogens with one attached hydrogen (secondary N) is 2. The van der Waals surface area contributed by atoms with Gasteiger partial charge < -0.3 is 15.7 Å². The smallest absolute Gasteiger partial charge is 0.337 e. The van der Waals surface area contributed by atoms with Gasteiger partial charge in [-0.2, -0.15) is 0 Å². The highest BCUT2D eigenvalue weighted by atomic mass is 35.5. The Morgan fingerprint density at radius 3 is 2.71 bits per heavy atom. The average molecular weight is 306 g/mol. The minimum Gasteiger partial charge on any atom is -0.478 e. The number of carboxylic acid groups (broad SMARTS) is 1. The van der Waals surface area contributed by atoms with E-state index >= 15 is 0 Å². The number of carbonyl (C=O) groups excluding carboxylic acids is 1. The predicted molar refractivity (Wildman–Crippen MR) is 78.5 cm³/mol. The number of hydrogen-bond acceptors (Lipinski definition) is 3. The van der Waals surface area contributed by atoms with E-state index in [1.54, 1.807) is 18.5 Å². The number of carboxylic acids is 1. The summed E-state index contributed by atoms with van der Waals surface area (Å²) in [7, 11) is 0. The van der Waals surface area contributed by atoms with E-state index < -0.39 is 12.0 Å². The lowest BCUT2D eigenvalue weighted by molar-refractivity contribution is 0.0697. The SMILES string of the molecule is O=C(NCc1cccnc1)Nc1ccc(C(=O)O)c(Cl)c1. The molecule has 7 heteroatoms. The maximum absolute atomic E-state index is 11.7. The molecule has 1 aromatic heterocycles. The van der Waals surface area contributed by atoms with E-state index in [9.17, 15) is 9.59 Å². The van der Waals surface area contributed by atoms with Gasteiger partial charge in [0.15, 0.2) is 0 Å². The monoisotopic (exact) mass is 305 g/mol. The molecule has 0 aliphatic rings. The van der Waals surface area contributed by atoms with Crippen LogP contribution in [0.25, 0.3) is 0 Å². The van der Waals surface area contributed by atoms with Gasteiger partial charge in [-0.3, -0.25) is 4.98 Å². The zero-order valence-corrected chi connectivity index (χ0v) is 11.6. The highest BCUT2D eigenvalue weighted by Crippen LogP contribution is 2.20. The van der Waals surface area contributed by atoms with Crippen molar-refractivity contribution < 1.29 is 14.7 Å². The first-order chi connectivity index (χ1) is 10.1. The van der Waals surface area contributed by atoms with Gasteiger partial charge in [0.1, 0.15) is 0 Å². The van der Waals surface area contributed by atoms with Gasteiger partial charge in [-0.15, -0.1) is 0 Å². The molecule has 2 aromatic rings. The molecule has 2 rings (SSSR count). The number of hydrogen-bond donors (Lipinski definition) is 3. The summed E-state index contributed by atoms with van der Waals surface area (Å²) in [5, 5.41) is 14.1. The van der Waals surface area contributed by atoms with Crippen molar-refractivity contribution in [2.45, 2.75) is 6.54 Å². The van der Waals surface area contributed by atoms with Crippen LogP contribution in [0.5, 0.6) is 0 Å². The third-order valence-corrected chi connectivity index (χ3v) is 2.95. The van der Waals surface area contributed by atoms with Gasteiger partial charge in [-0.1, -0.05) is 17.7 Å².